The summed E-state index contributed by atoms with van der Waals surface area (Å²) in [7, 11) is 0. The molecule has 0 saturated carbocycles. The van der Waals surface area contributed by atoms with Gasteiger partial charge in [0, 0.05) is 35.7 Å². The van der Waals surface area contributed by atoms with Gasteiger partial charge in [-0.25, -0.2) is 14.6 Å². The number of ether oxygens (including phenoxy) is 3. The summed E-state index contributed by atoms with van der Waals surface area (Å²) in [5.41, 5.74) is 6.26. The first kappa shape index (κ1) is 38.3. The molecule has 4 atom stereocenters. The van der Waals surface area contributed by atoms with Crippen molar-refractivity contribution in [2.24, 2.45) is 5.92 Å². The third kappa shape index (κ3) is 9.45. The number of benzene rings is 5. The van der Waals surface area contributed by atoms with Crippen molar-refractivity contribution in [2.75, 3.05) is 11.1 Å². The number of carbonyl (C=O) groups excluding carboxylic acids is 1. The van der Waals surface area contributed by atoms with Crippen LogP contribution in [0.5, 0.6) is 11.5 Å². The number of carboxylic acids is 1. The summed E-state index contributed by atoms with van der Waals surface area (Å²) in [6.45, 7) is 2.32. The average Bonchev–Trinajstić information content (AvgIpc) is 3.24. The number of carboxylic acid groups (broad SMARTS) is 1. The van der Waals surface area contributed by atoms with E-state index in [-0.39, 0.29) is 36.3 Å². The van der Waals surface area contributed by atoms with E-state index >= 15 is 0 Å². The summed E-state index contributed by atoms with van der Waals surface area (Å²) >= 11 is 1.35. The number of nitrogens with one attached hydrogen (secondary N) is 2. The van der Waals surface area contributed by atoms with E-state index in [0.29, 0.717) is 28.8 Å². The molecule has 0 unspecified atom stereocenters. The van der Waals surface area contributed by atoms with Crippen molar-refractivity contribution >= 4 is 29.4 Å². The molecule has 284 valence electrons. The van der Waals surface area contributed by atoms with Gasteiger partial charge >= 0.3 is 12.0 Å². The highest BCUT2D eigenvalue weighted by Crippen LogP contribution is 2.43. The van der Waals surface area contributed by atoms with E-state index in [1.807, 2.05) is 103 Å². The van der Waals surface area contributed by atoms with Crippen LogP contribution in [0.3, 0.4) is 0 Å². The van der Waals surface area contributed by atoms with E-state index in [1.165, 1.54) is 11.8 Å². The molecule has 4 N–H and O–H groups in total. The molecule has 5 aromatic carbocycles. The minimum Gasteiger partial charge on any atom is -0.478 e. The SMILES string of the molecule is C[C@H]1[C@@H](CSc2ncccc2C(=O)O)O[C@@H](c2ccc(-c3ccccc3CNC(=O)Nc3ccc(Oc4ccccc4)cc3)cc2)O[C@H]1c1ccc(CO)cc1. The number of aliphatic hydroxyl groups excluding tert-OH is 1. The second-order valence-electron chi connectivity index (χ2n) is 13.3. The van der Waals surface area contributed by atoms with Crippen molar-refractivity contribution in [3.8, 4) is 22.6 Å². The van der Waals surface area contributed by atoms with Crippen LogP contribution < -0.4 is 15.4 Å². The molecule has 2 heterocycles. The van der Waals surface area contributed by atoms with Crippen molar-refractivity contribution in [3.63, 3.8) is 0 Å². The topological polar surface area (TPSA) is 139 Å². The molecule has 56 heavy (non-hydrogen) atoms. The van der Waals surface area contributed by atoms with Crippen molar-refractivity contribution in [1.82, 2.24) is 10.3 Å². The van der Waals surface area contributed by atoms with E-state index in [2.05, 4.69) is 22.5 Å². The van der Waals surface area contributed by atoms with Crippen LogP contribution in [0.15, 0.2) is 151 Å². The number of anilines is 1. The van der Waals surface area contributed by atoms with Gasteiger partial charge in [-0.3, -0.25) is 0 Å². The molecule has 2 amide bonds. The monoisotopic (exact) mass is 767 g/mol. The number of aromatic carboxylic acids is 1. The number of aliphatic hydroxyl groups is 1. The first-order valence-corrected chi connectivity index (χ1v) is 19.2. The van der Waals surface area contributed by atoms with E-state index < -0.39 is 12.3 Å². The molecule has 1 fully saturated rings. The fourth-order valence-electron chi connectivity index (χ4n) is 6.50. The minimum atomic E-state index is -1.03. The summed E-state index contributed by atoms with van der Waals surface area (Å²) < 4.78 is 19.1. The van der Waals surface area contributed by atoms with Gasteiger partial charge in [-0.05, 0) is 76.3 Å². The number of hydrogen-bond acceptors (Lipinski definition) is 8. The molecule has 1 saturated heterocycles. The van der Waals surface area contributed by atoms with Gasteiger partial charge in [-0.2, -0.15) is 0 Å². The Kier molecular flexibility index (Phi) is 12.4. The Labute approximate surface area is 329 Å². The lowest BCUT2D eigenvalue weighted by molar-refractivity contribution is -0.268. The minimum absolute atomic E-state index is 0.0540. The predicted molar refractivity (Wildman–Crippen MR) is 216 cm³/mol. The third-order valence-corrected chi connectivity index (χ3v) is 10.6. The van der Waals surface area contributed by atoms with Crippen molar-refractivity contribution in [1.29, 1.82) is 0 Å². The maximum atomic E-state index is 12.9. The largest absolute Gasteiger partial charge is 0.478 e. The van der Waals surface area contributed by atoms with E-state index in [0.717, 1.165) is 39.1 Å². The van der Waals surface area contributed by atoms with Gasteiger partial charge in [0.25, 0.3) is 0 Å². The number of carbonyl (C=O) groups is 2. The summed E-state index contributed by atoms with van der Waals surface area (Å²) in [5.74, 6) is 0.753. The second kappa shape index (κ2) is 18.1. The molecule has 0 bridgehead atoms. The fourth-order valence-corrected chi connectivity index (χ4v) is 7.65. The van der Waals surface area contributed by atoms with Crippen LogP contribution in [0.25, 0.3) is 11.1 Å². The molecular formula is C45H41N3O7S. The number of urea groups is 1. The Balaban J connectivity index is 1.03. The highest BCUT2D eigenvalue weighted by Gasteiger charge is 2.38. The molecular weight excluding hydrogens is 727 g/mol. The van der Waals surface area contributed by atoms with Gasteiger partial charge in [-0.15, -0.1) is 11.8 Å². The fraction of sp³-hybridized carbons (Fsp3) is 0.178. The van der Waals surface area contributed by atoms with Crippen LogP contribution in [0.1, 0.15) is 51.9 Å². The normalized spacial score (nSPS) is 17.8. The van der Waals surface area contributed by atoms with Crippen LogP contribution in [0, 0.1) is 5.92 Å². The van der Waals surface area contributed by atoms with Crippen molar-refractivity contribution in [3.05, 3.63) is 174 Å². The maximum Gasteiger partial charge on any atom is 0.338 e. The molecule has 6 aromatic rings. The van der Waals surface area contributed by atoms with E-state index in [4.69, 9.17) is 14.2 Å². The Morgan fingerprint density at radius 2 is 1.48 bits per heavy atom. The molecule has 1 aromatic heterocycles. The summed E-state index contributed by atoms with van der Waals surface area (Å²) in [5, 5.41) is 25.6. The van der Waals surface area contributed by atoms with Gasteiger partial charge in [0.05, 0.1) is 24.4 Å². The number of amides is 2. The first-order chi connectivity index (χ1) is 27.3. The van der Waals surface area contributed by atoms with Crippen molar-refractivity contribution in [2.45, 2.75) is 43.6 Å². The number of aromatic nitrogens is 1. The highest BCUT2D eigenvalue weighted by molar-refractivity contribution is 7.99. The van der Waals surface area contributed by atoms with Crippen LogP contribution in [0.4, 0.5) is 10.5 Å². The Bertz CT molecular complexity index is 2240. The predicted octanol–water partition coefficient (Wildman–Crippen LogP) is 9.64. The van der Waals surface area contributed by atoms with Gasteiger partial charge in [0.1, 0.15) is 16.5 Å². The zero-order chi connectivity index (χ0) is 38.9. The zero-order valence-corrected chi connectivity index (χ0v) is 31.4. The van der Waals surface area contributed by atoms with Crippen LogP contribution in [-0.4, -0.2) is 39.1 Å². The molecule has 0 spiro atoms. The number of thioether (sulfide) groups is 1. The quantitative estimate of drug-likeness (QED) is 0.0846. The highest BCUT2D eigenvalue weighted by atomic mass is 32.2. The number of nitrogens with zero attached hydrogens (tertiary/aromatic N) is 1. The molecule has 10 nitrogen and oxygen atoms in total. The lowest BCUT2D eigenvalue weighted by Crippen LogP contribution is -2.38. The smallest absolute Gasteiger partial charge is 0.338 e. The summed E-state index contributed by atoms with van der Waals surface area (Å²) in [6.07, 6.45) is 0.261. The van der Waals surface area contributed by atoms with Gasteiger partial charge in [0.2, 0.25) is 0 Å². The third-order valence-electron chi connectivity index (χ3n) is 9.55. The number of pyridine rings is 1. The number of rotatable bonds is 13. The molecule has 1 aliphatic heterocycles. The van der Waals surface area contributed by atoms with Gasteiger partial charge in [-0.1, -0.05) is 97.9 Å². The van der Waals surface area contributed by atoms with Gasteiger partial charge < -0.3 is 35.1 Å². The first-order valence-electron chi connectivity index (χ1n) is 18.2. The standard InChI is InChI=1S/C45H41N3O7S/c1-29-40(28-56-42-39(43(50)51)12-7-25-46-42)54-44(55-41(29)32-15-13-30(27-49)14-16-32)33-19-17-31(18-20-33)38-11-6-5-8-34(38)26-47-45(52)48-35-21-23-37(24-22-35)53-36-9-3-2-4-10-36/h2-25,29,40-41,44,49H,26-28H2,1H3,(H,50,51)(H2,47,48,52)/t29-,40+,41+,44+/m0/s1. The Morgan fingerprint density at radius 1 is 0.786 bits per heavy atom. The zero-order valence-electron chi connectivity index (χ0n) is 30.6. The molecule has 7 rings (SSSR count). The van der Waals surface area contributed by atoms with E-state index in [9.17, 15) is 19.8 Å². The summed E-state index contributed by atoms with van der Waals surface area (Å²) in [4.78, 5) is 29.1. The molecule has 1 aliphatic rings. The second-order valence-corrected chi connectivity index (χ2v) is 14.3. The number of para-hydroxylation sites is 1. The molecule has 0 aliphatic carbocycles. The Morgan fingerprint density at radius 3 is 2.21 bits per heavy atom. The average molecular weight is 768 g/mol. The van der Waals surface area contributed by atoms with Crippen LogP contribution >= 0.6 is 11.8 Å². The van der Waals surface area contributed by atoms with Crippen molar-refractivity contribution < 1.29 is 34.0 Å². The Hall–Kier alpha value is -5.98. The molecule has 11 heteroatoms. The van der Waals surface area contributed by atoms with E-state index in [1.54, 1.807) is 42.6 Å². The number of hydrogen-bond donors (Lipinski definition) is 4. The summed E-state index contributed by atoms with van der Waals surface area (Å²) in [6, 6.07) is 43.1. The lowest BCUT2D eigenvalue weighted by Gasteiger charge is -2.41. The van der Waals surface area contributed by atoms with Crippen LogP contribution in [-0.2, 0) is 22.6 Å². The van der Waals surface area contributed by atoms with Gasteiger partial charge in [0.15, 0.2) is 6.29 Å². The molecule has 0 radical (unpaired) electrons. The maximum absolute atomic E-state index is 12.9. The lowest BCUT2D eigenvalue weighted by atomic mass is 9.91. The van der Waals surface area contributed by atoms with Crippen LogP contribution in [0.2, 0.25) is 0 Å².